The van der Waals surface area contributed by atoms with Crippen molar-refractivity contribution in [3.05, 3.63) is 72.1 Å². The van der Waals surface area contributed by atoms with Gasteiger partial charge in [-0.15, -0.1) is 0 Å². The van der Waals surface area contributed by atoms with Crippen LogP contribution in [0.4, 0.5) is 0 Å². The van der Waals surface area contributed by atoms with Gasteiger partial charge in [-0.25, -0.2) is 4.79 Å². The third-order valence-electron chi connectivity index (χ3n) is 7.19. The molecule has 15 heteroatoms. The number of amides is 3. The number of carbonyl (C=O) groups is 6. The molecule has 2 aromatic heterocycles. The minimum absolute atomic E-state index is 0.138. The highest BCUT2D eigenvalue weighted by Gasteiger charge is 2.32. The normalized spacial score (nSPS) is 13.8. The monoisotopic (exact) mass is 620 g/mol. The van der Waals surface area contributed by atoms with Crippen molar-refractivity contribution in [1.82, 2.24) is 25.9 Å². The number of benzene rings is 2. The van der Waals surface area contributed by atoms with E-state index >= 15 is 0 Å². The number of rotatable bonds is 15. The van der Waals surface area contributed by atoms with E-state index < -0.39 is 72.6 Å². The maximum absolute atomic E-state index is 13.5. The zero-order chi connectivity index (χ0) is 32.7. The summed E-state index contributed by atoms with van der Waals surface area (Å²) in [5, 5.41) is 36.8. The molecule has 2 heterocycles. The second kappa shape index (κ2) is 14.2. The standard InChI is InChI=1S/C30H32N6O9/c31-19(11-25(37)38)27(41)34-22(9-15-13-32-20-7-3-1-5-17(15)20)28(42)35-23(12-26(39)40)29(43)36-24(30(44)45)10-16-14-33-21-8-4-2-6-18(16)21/h1-8,13-14,19,22-24,32-33H,9-12,31H2,(H,34,41)(H,35,42)(H,36,43)(H,37,38)(H,39,40)(H,44,45). The molecule has 4 unspecified atom stereocenters. The van der Waals surface area contributed by atoms with Crippen LogP contribution in [0, 0.1) is 0 Å². The summed E-state index contributed by atoms with van der Waals surface area (Å²) in [5.74, 6) is -7.18. The van der Waals surface area contributed by atoms with Gasteiger partial charge in [-0.2, -0.15) is 0 Å². The summed E-state index contributed by atoms with van der Waals surface area (Å²) in [4.78, 5) is 80.4. The van der Waals surface area contributed by atoms with E-state index in [0.29, 0.717) is 11.1 Å². The lowest BCUT2D eigenvalue weighted by Crippen LogP contribution is -2.58. The lowest BCUT2D eigenvalue weighted by molar-refractivity contribution is -0.143. The Balaban J connectivity index is 1.55. The minimum atomic E-state index is -1.73. The van der Waals surface area contributed by atoms with Gasteiger partial charge in [0.05, 0.1) is 18.9 Å². The van der Waals surface area contributed by atoms with E-state index in [1.807, 2.05) is 0 Å². The molecular weight excluding hydrogens is 588 g/mol. The molecule has 0 saturated carbocycles. The maximum atomic E-state index is 13.5. The quantitative estimate of drug-likeness (QED) is 0.0875. The van der Waals surface area contributed by atoms with E-state index in [9.17, 15) is 39.0 Å². The number of hydrogen-bond donors (Lipinski definition) is 9. The van der Waals surface area contributed by atoms with E-state index in [2.05, 4.69) is 25.9 Å². The van der Waals surface area contributed by atoms with Crippen LogP contribution in [0.2, 0.25) is 0 Å². The van der Waals surface area contributed by atoms with Crippen LogP contribution in [-0.4, -0.2) is 85.1 Å². The molecule has 15 nitrogen and oxygen atoms in total. The Bertz CT molecular complexity index is 1750. The molecule has 3 amide bonds. The van der Waals surface area contributed by atoms with Gasteiger partial charge in [0.25, 0.3) is 0 Å². The summed E-state index contributed by atoms with van der Waals surface area (Å²) in [6.07, 6.45) is 1.32. The van der Waals surface area contributed by atoms with Gasteiger partial charge in [-0.05, 0) is 23.3 Å². The summed E-state index contributed by atoms with van der Waals surface area (Å²) >= 11 is 0. The molecule has 0 spiro atoms. The number of H-pyrrole nitrogens is 2. The molecule has 0 aliphatic rings. The average Bonchev–Trinajstić information content (AvgIpc) is 3.59. The number of nitrogens with one attached hydrogen (secondary N) is 5. The summed E-state index contributed by atoms with van der Waals surface area (Å²) in [5.41, 5.74) is 8.36. The Hall–Kier alpha value is -5.70. The third kappa shape index (κ3) is 8.23. The topological polar surface area (TPSA) is 257 Å². The first-order chi connectivity index (χ1) is 21.4. The van der Waals surface area contributed by atoms with Crippen LogP contribution in [0.25, 0.3) is 21.8 Å². The molecule has 236 valence electrons. The first-order valence-electron chi connectivity index (χ1n) is 13.9. The van der Waals surface area contributed by atoms with Gasteiger partial charge in [-0.3, -0.25) is 24.0 Å². The molecule has 0 aliphatic carbocycles. The van der Waals surface area contributed by atoms with Crippen molar-refractivity contribution in [2.75, 3.05) is 0 Å². The Kier molecular flexibility index (Phi) is 10.2. The van der Waals surface area contributed by atoms with E-state index in [4.69, 9.17) is 10.8 Å². The van der Waals surface area contributed by atoms with Crippen LogP contribution < -0.4 is 21.7 Å². The molecule has 4 rings (SSSR count). The summed E-state index contributed by atoms with van der Waals surface area (Å²) in [7, 11) is 0. The first-order valence-corrected chi connectivity index (χ1v) is 13.9. The number of fused-ring (bicyclic) bond motifs is 2. The first kappa shape index (κ1) is 32.2. The van der Waals surface area contributed by atoms with E-state index in [1.165, 1.54) is 0 Å². The van der Waals surface area contributed by atoms with Crippen LogP contribution in [0.3, 0.4) is 0 Å². The van der Waals surface area contributed by atoms with Crippen molar-refractivity contribution in [3.63, 3.8) is 0 Å². The van der Waals surface area contributed by atoms with Crippen LogP contribution in [0.5, 0.6) is 0 Å². The zero-order valence-corrected chi connectivity index (χ0v) is 23.8. The van der Waals surface area contributed by atoms with Crippen molar-refractivity contribution < 1.29 is 44.1 Å². The predicted molar refractivity (Wildman–Crippen MR) is 160 cm³/mol. The second-order valence-electron chi connectivity index (χ2n) is 10.5. The second-order valence-corrected chi connectivity index (χ2v) is 10.5. The molecule has 0 saturated heterocycles. The fourth-order valence-electron chi connectivity index (χ4n) is 4.94. The van der Waals surface area contributed by atoms with Gasteiger partial charge in [0, 0.05) is 47.0 Å². The number of hydrogen-bond acceptors (Lipinski definition) is 7. The summed E-state index contributed by atoms with van der Waals surface area (Å²) in [6.45, 7) is 0. The number of aliphatic carboxylic acids is 3. The highest BCUT2D eigenvalue weighted by molar-refractivity contribution is 5.97. The molecule has 0 aliphatic heterocycles. The Morgan fingerprint density at radius 1 is 0.622 bits per heavy atom. The zero-order valence-electron chi connectivity index (χ0n) is 23.8. The van der Waals surface area contributed by atoms with Crippen molar-refractivity contribution >= 4 is 57.4 Å². The SMILES string of the molecule is NC(CC(=O)O)C(=O)NC(Cc1c[nH]c2ccccc12)C(=O)NC(CC(=O)O)C(=O)NC(Cc1c[nH]c2ccccc12)C(=O)O. The van der Waals surface area contributed by atoms with Gasteiger partial charge in [-0.1, -0.05) is 36.4 Å². The Labute approximate surface area is 255 Å². The molecule has 4 atom stereocenters. The van der Waals surface area contributed by atoms with Crippen molar-refractivity contribution in [3.8, 4) is 0 Å². The fraction of sp³-hybridized carbons (Fsp3) is 0.267. The number of aromatic amines is 2. The van der Waals surface area contributed by atoms with Gasteiger partial charge in [0.1, 0.15) is 18.1 Å². The fourth-order valence-corrected chi connectivity index (χ4v) is 4.94. The van der Waals surface area contributed by atoms with Gasteiger partial charge < -0.3 is 47.0 Å². The molecule has 45 heavy (non-hydrogen) atoms. The van der Waals surface area contributed by atoms with Crippen molar-refractivity contribution in [1.29, 1.82) is 0 Å². The maximum Gasteiger partial charge on any atom is 0.326 e. The largest absolute Gasteiger partial charge is 0.481 e. The summed E-state index contributed by atoms with van der Waals surface area (Å²) < 4.78 is 0. The van der Waals surface area contributed by atoms with Gasteiger partial charge in [0.15, 0.2) is 0 Å². The number of nitrogens with two attached hydrogens (primary N) is 1. The van der Waals surface area contributed by atoms with Crippen LogP contribution in [-0.2, 0) is 41.6 Å². The molecule has 2 aromatic carbocycles. The van der Waals surface area contributed by atoms with Crippen LogP contribution >= 0.6 is 0 Å². The van der Waals surface area contributed by atoms with Crippen LogP contribution in [0.1, 0.15) is 24.0 Å². The highest BCUT2D eigenvalue weighted by Crippen LogP contribution is 2.20. The average molecular weight is 621 g/mol. The number of carboxylic acid groups (broad SMARTS) is 3. The van der Waals surface area contributed by atoms with Crippen LogP contribution in [0.15, 0.2) is 60.9 Å². The van der Waals surface area contributed by atoms with Gasteiger partial charge >= 0.3 is 17.9 Å². The van der Waals surface area contributed by atoms with Gasteiger partial charge in [0.2, 0.25) is 17.7 Å². The molecule has 10 N–H and O–H groups in total. The molecule has 0 radical (unpaired) electrons. The lowest BCUT2D eigenvalue weighted by atomic mass is 10.0. The van der Waals surface area contributed by atoms with Crippen molar-refractivity contribution in [2.45, 2.75) is 49.9 Å². The van der Waals surface area contributed by atoms with Crippen molar-refractivity contribution in [2.24, 2.45) is 5.73 Å². The molecule has 0 bridgehead atoms. The molecule has 0 fully saturated rings. The smallest absolute Gasteiger partial charge is 0.326 e. The molecular formula is C30H32N6O9. The minimum Gasteiger partial charge on any atom is -0.481 e. The molecule has 4 aromatic rings. The number of carbonyl (C=O) groups excluding carboxylic acids is 3. The number of carboxylic acids is 3. The highest BCUT2D eigenvalue weighted by atomic mass is 16.4. The lowest BCUT2D eigenvalue weighted by Gasteiger charge is -2.24. The van der Waals surface area contributed by atoms with E-state index in [-0.39, 0.29) is 12.8 Å². The third-order valence-corrected chi connectivity index (χ3v) is 7.19. The Morgan fingerprint density at radius 3 is 1.58 bits per heavy atom. The summed E-state index contributed by atoms with van der Waals surface area (Å²) in [6, 6.07) is 8.14. The number of aromatic nitrogens is 2. The predicted octanol–water partition coefficient (Wildman–Crippen LogP) is 0.250. The van der Waals surface area contributed by atoms with E-state index in [0.717, 1.165) is 21.8 Å². The number of para-hydroxylation sites is 2. The Morgan fingerprint density at radius 2 is 1.07 bits per heavy atom. The van der Waals surface area contributed by atoms with E-state index in [1.54, 1.807) is 60.9 Å².